The Kier molecular flexibility index (Phi) is 2.24. The molecule has 0 saturated heterocycles. The van der Waals surface area contributed by atoms with Crippen molar-refractivity contribution < 1.29 is 9.63 Å². The van der Waals surface area contributed by atoms with Crippen LogP contribution < -0.4 is 5.73 Å². The van der Waals surface area contributed by atoms with Crippen molar-refractivity contribution in [2.45, 2.75) is 25.0 Å². The summed E-state index contributed by atoms with van der Waals surface area (Å²) in [4.78, 5) is 4.19. The van der Waals surface area contributed by atoms with E-state index >= 15 is 0 Å². The van der Waals surface area contributed by atoms with Gasteiger partial charge in [-0.05, 0) is 18.4 Å². The van der Waals surface area contributed by atoms with Crippen molar-refractivity contribution in [3.8, 4) is 11.4 Å². The lowest BCUT2D eigenvalue weighted by Gasteiger charge is -2.11. The fourth-order valence-electron chi connectivity index (χ4n) is 1.92. The fraction of sp³-hybridized carbons (Fsp3) is 0.333. The molecule has 0 unspecified atom stereocenters. The van der Waals surface area contributed by atoms with Gasteiger partial charge < -0.3 is 15.4 Å². The summed E-state index contributed by atoms with van der Waals surface area (Å²) in [6.45, 7) is 0.222. The molecule has 3 N–H and O–H groups in total. The van der Waals surface area contributed by atoms with Crippen LogP contribution in [0.5, 0.6) is 0 Å². The van der Waals surface area contributed by atoms with Crippen molar-refractivity contribution in [1.82, 2.24) is 10.1 Å². The molecule has 1 aliphatic rings. The molecule has 1 heterocycles. The van der Waals surface area contributed by atoms with E-state index in [4.69, 9.17) is 10.3 Å². The van der Waals surface area contributed by atoms with Crippen LogP contribution in [0.3, 0.4) is 0 Å². The van der Waals surface area contributed by atoms with Crippen LogP contribution >= 0.6 is 0 Å². The molecule has 0 aliphatic heterocycles. The molecule has 0 amide bonds. The zero-order valence-corrected chi connectivity index (χ0v) is 9.26. The first-order valence-electron chi connectivity index (χ1n) is 5.58. The average molecular weight is 231 g/mol. The van der Waals surface area contributed by atoms with E-state index in [9.17, 15) is 5.11 Å². The molecule has 3 rings (SSSR count). The third-order valence-corrected chi connectivity index (χ3v) is 3.04. The molecule has 1 fully saturated rings. The van der Waals surface area contributed by atoms with Crippen LogP contribution in [0.4, 0.5) is 0 Å². The normalized spacial score (nSPS) is 17.1. The van der Waals surface area contributed by atoms with Crippen molar-refractivity contribution in [2.24, 2.45) is 5.73 Å². The first-order chi connectivity index (χ1) is 8.23. The quantitative estimate of drug-likeness (QED) is 0.828. The van der Waals surface area contributed by atoms with Gasteiger partial charge in [0.2, 0.25) is 11.7 Å². The lowest BCUT2D eigenvalue weighted by atomic mass is 10.0. The van der Waals surface area contributed by atoms with Gasteiger partial charge in [-0.2, -0.15) is 4.98 Å². The highest BCUT2D eigenvalue weighted by atomic mass is 16.5. The Morgan fingerprint density at radius 2 is 2.12 bits per heavy atom. The van der Waals surface area contributed by atoms with Gasteiger partial charge in [0.15, 0.2) is 0 Å². The summed E-state index contributed by atoms with van der Waals surface area (Å²) >= 11 is 0. The molecule has 5 nitrogen and oxygen atoms in total. The minimum atomic E-state index is -0.708. The van der Waals surface area contributed by atoms with Crippen LogP contribution in [0.25, 0.3) is 11.4 Å². The van der Waals surface area contributed by atoms with Crippen LogP contribution in [0.1, 0.15) is 24.3 Å². The standard InChI is InChI=1S/C12H13N3O2/c13-7-10-14-11(15-17-10)8-3-1-2-4-9(8)12(16)5-6-12/h1-4,16H,5-7,13H2. The van der Waals surface area contributed by atoms with Crippen molar-refractivity contribution in [1.29, 1.82) is 0 Å². The van der Waals surface area contributed by atoms with E-state index in [0.717, 1.165) is 24.0 Å². The van der Waals surface area contributed by atoms with Gasteiger partial charge in [0.1, 0.15) is 0 Å². The van der Waals surface area contributed by atoms with E-state index in [1.807, 2.05) is 24.3 Å². The molecule has 0 bridgehead atoms. The fourth-order valence-corrected chi connectivity index (χ4v) is 1.92. The van der Waals surface area contributed by atoms with Gasteiger partial charge in [-0.3, -0.25) is 0 Å². The zero-order chi connectivity index (χ0) is 11.9. The summed E-state index contributed by atoms with van der Waals surface area (Å²) in [7, 11) is 0. The lowest BCUT2D eigenvalue weighted by Crippen LogP contribution is -2.06. The maximum absolute atomic E-state index is 10.2. The third-order valence-electron chi connectivity index (χ3n) is 3.04. The zero-order valence-electron chi connectivity index (χ0n) is 9.26. The monoisotopic (exact) mass is 231 g/mol. The average Bonchev–Trinajstić information content (AvgIpc) is 2.95. The second-order valence-corrected chi connectivity index (χ2v) is 4.29. The molecule has 1 aromatic carbocycles. The number of aliphatic hydroxyl groups is 1. The Hall–Kier alpha value is -1.72. The molecule has 0 spiro atoms. The van der Waals surface area contributed by atoms with E-state index in [2.05, 4.69) is 10.1 Å². The van der Waals surface area contributed by atoms with E-state index in [1.165, 1.54) is 0 Å². The Bertz CT molecular complexity index is 546. The minimum absolute atomic E-state index is 0.222. The molecular weight excluding hydrogens is 218 g/mol. The number of rotatable bonds is 3. The Morgan fingerprint density at radius 3 is 2.76 bits per heavy atom. The van der Waals surface area contributed by atoms with Crippen LogP contribution in [-0.2, 0) is 12.1 Å². The van der Waals surface area contributed by atoms with Crippen molar-refractivity contribution in [3.05, 3.63) is 35.7 Å². The highest BCUT2D eigenvalue weighted by molar-refractivity contribution is 5.62. The lowest BCUT2D eigenvalue weighted by molar-refractivity contribution is 0.152. The number of benzene rings is 1. The van der Waals surface area contributed by atoms with Gasteiger partial charge in [0, 0.05) is 5.56 Å². The largest absolute Gasteiger partial charge is 0.385 e. The second-order valence-electron chi connectivity index (χ2n) is 4.29. The summed E-state index contributed by atoms with van der Waals surface area (Å²) in [6, 6.07) is 7.58. The van der Waals surface area contributed by atoms with Crippen molar-refractivity contribution >= 4 is 0 Å². The molecular formula is C12H13N3O2. The molecule has 17 heavy (non-hydrogen) atoms. The first-order valence-corrected chi connectivity index (χ1v) is 5.58. The molecule has 0 radical (unpaired) electrons. The number of aromatic nitrogens is 2. The van der Waals surface area contributed by atoms with Crippen molar-refractivity contribution in [3.63, 3.8) is 0 Å². The molecule has 1 aromatic heterocycles. The highest BCUT2D eigenvalue weighted by Crippen LogP contribution is 2.48. The number of hydrogen-bond donors (Lipinski definition) is 2. The molecule has 1 saturated carbocycles. The van der Waals surface area contributed by atoms with Crippen LogP contribution in [0.2, 0.25) is 0 Å². The summed E-state index contributed by atoms with van der Waals surface area (Å²) < 4.78 is 4.99. The topological polar surface area (TPSA) is 85.2 Å². The van der Waals surface area contributed by atoms with Crippen LogP contribution in [-0.4, -0.2) is 15.2 Å². The predicted molar refractivity (Wildman–Crippen MR) is 60.8 cm³/mol. The minimum Gasteiger partial charge on any atom is -0.385 e. The van der Waals surface area contributed by atoms with Crippen molar-refractivity contribution in [2.75, 3.05) is 0 Å². The van der Waals surface area contributed by atoms with E-state index in [-0.39, 0.29) is 6.54 Å². The number of nitrogens with zero attached hydrogens (tertiary/aromatic N) is 2. The maximum Gasteiger partial charge on any atom is 0.240 e. The molecule has 2 aromatic rings. The molecule has 5 heteroatoms. The Balaban J connectivity index is 2.08. The maximum atomic E-state index is 10.2. The summed E-state index contributed by atoms with van der Waals surface area (Å²) in [5.74, 6) is 0.888. The Labute approximate surface area is 98.3 Å². The van der Waals surface area contributed by atoms with Crippen LogP contribution in [0, 0.1) is 0 Å². The smallest absolute Gasteiger partial charge is 0.240 e. The highest BCUT2D eigenvalue weighted by Gasteiger charge is 2.44. The van der Waals surface area contributed by atoms with Gasteiger partial charge in [0.25, 0.3) is 0 Å². The summed E-state index contributed by atoms with van der Waals surface area (Å²) in [5, 5.41) is 14.1. The summed E-state index contributed by atoms with van der Waals surface area (Å²) in [5.41, 5.74) is 6.40. The molecule has 88 valence electrons. The number of nitrogens with two attached hydrogens (primary N) is 1. The second kappa shape index (κ2) is 3.65. The van der Waals surface area contributed by atoms with Gasteiger partial charge in [-0.1, -0.05) is 29.4 Å². The molecule has 1 aliphatic carbocycles. The van der Waals surface area contributed by atoms with E-state index in [1.54, 1.807) is 0 Å². The summed E-state index contributed by atoms with van der Waals surface area (Å²) in [6.07, 6.45) is 1.57. The number of hydrogen-bond acceptors (Lipinski definition) is 5. The van der Waals surface area contributed by atoms with Gasteiger partial charge in [-0.15, -0.1) is 0 Å². The SMILES string of the molecule is NCc1nc(-c2ccccc2C2(O)CC2)no1. The van der Waals surface area contributed by atoms with E-state index < -0.39 is 5.60 Å². The third kappa shape index (κ3) is 1.73. The van der Waals surface area contributed by atoms with E-state index in [0.29, 0.717) is 11.7 Å². The first kappa shape index (κ1) is 10.4. The van der Waals surface area contributed by atoms with Gasteiger partial charge in [0.05, 0.1) is 12.1 Å². The Morgan fingerprint density at radius 1 is 1.35 bits per heavy atom. The van der Waals surface area contributed by atoms with Gasteiger partial charge in [-0.25, -0.2) is 0 Å². The van der Waals surface area contributed by atoms with Gasteiger partial charge >= 0.3 is 0 Å². The van der Waals surface area contributed by atoms with Crippen LogP contribution in [0.15, 0.2) is 28.8 Å². The predicted octanol–water partition coefficient (Wildman–Crippen LogP) is 1.18. The molecule has 0 atom stereocenters.